The molecule has 3 aromatic rings. The largest absolute Gasteiger partial charge is 0.491 e. The highest BCUT2D eigenvalue weighted by Gasteiger charge is 2.09. The standard InChI is InChI=1S/C17H20N4O2/c1-2-13-10-17(21-16(20-13)8-9-19-21)18-11-14(22)12-23-15-6-4-3-5-7-15/h3-10,14,18,22H,2,11-12H2,1H3. The summed E-state index contributed by atoms with van der Waals surface area (Å²) in [7, 11) is 0. The van der Waals surface area contributed by atoms with Crippen LogP contribution in [0, 0.1) is 0 Å². The number of nitrogens with zero attached hydrogens (tertiary/aromatic N) is 3. The van der Waals surface area contributed by atoms with Crippen LogP contribution in [0.4, 0.5) is 5.82 Å². The van der Waals surface area contributed by atoms with E-state index in [1.54, 1.807) is 10.7 Å². The van der Waals surface area contributed by atoms with Crippen molar-refractivity contribution in [2.75, 3.05) is 18.5 Å². The Morgan fingerprint density at radius 3 is 2.87 bits per heavy atom. The first kappa shape index (κ1) is 15.3. The summed E-state index contributed by atoms with van der Waals surface area (Å²) in [5.74, 6) is 1.56. The van der Waals surface area contributed by atoms with E-state index in [0.29, 0.717) is 6.54 Å². The Labute approximate surface area is 134 Å². The van der Waals surface area contributed by atoms with Gasteiger partial charge in [-0.05, 0) is 18.6 Å². The zero-order valence-electron chi connectivity index (χ0n) is 13.0. The lowest BCUT2D eigenvalue weighted by Gasteiger charge is -2.15. The third-order valence-corrected chi connectivity index (χ3v) is 3.48. The Bertz CT molecular complexity index is 758. The molecule has 120 valence electrons. The zero-order chi connectivity index (χ0) is 16.1. The lowest BCUT2D eigenvalue weighted by Crippen LogP contribution is -2.27. The minimum absolute atomic E-state index is 0.227. The van der Waals surface area contributed by atoms with Crippen molar-refractivity contribution in [2.24, 2.45) is 0 Å². The fraction of sp³-hybridized carbons (Fsp3) is 0.294. The second kappa shape index (κ2) is 7.11. The topological polar surface area (TPSA) is 71.7 Å². The molecule has 6 heteroatoms. The summed E-state index contributed by atoms with van der Waals surface area (Å²) in [6.07, 6.45) is 1.93. The number of para-hydroxylation sites is 1. The molecule has 0 amide bonds. The van der Waals surface area contributed by atoms with E-state index >= 15 is 0 Å². The molecular weight excluding hydrogens is 292 g/mol. The van der Waals surface area contributed by atoms with E-state index in [1.165, 1.54) is 0 Å². The Morgan fingerprint density at radius 2 is 2.09 bits per heavy atom. The van der Waals surface area contributed by atoms with Crippen LogP contribution < -0.4 is 10.1 Å². The number of nitrogens with one attached hydrogen (secondary N) is 1. The summed E-state index contributed by atoms with van der Waals surface area (Å²) in [5, 5.41) is 17.5. The molecule has 2 heterocycles. The van der Waals surface area contributed by atoms with Gasteiger partial charge in [-0.15, -0.1) is 0 Å². The van der Waals surface area contributed by atoms with Gasteiger partial charge in [0, 0.05) is 24.4 Å². The van der Waals surface area contributed by atoms with Crippen molar-refractivity contribution in [3.05, 3.63) is 54.4 Å². The maximum atomic E-state index is 10.1. The number of hydrogen-bond donors (Lipinski definition) is 2. The fourth-order valence-electron chi connectivity index (χ4n) is 2.26. The normalized spacial score (nSPS) is 12.3. The quantitative estimate of drug-likeness (QED) is 0.699. The second-order valence-electron chi connectivity index (χ2n) is 5.25. The molecule has 1 atom stereocenters. The van der Waals surface area contributed by atoms with Gasteiger partial charge in [0.2, 0.25) is 0 Å². The van der Waals surface area contributed by atoms with Gasteiger partial charge in [-0.2, -0.15) is 9.61 Å². The molecule has 0 spiro atoms. The minimum atomic E-state index is -0.626. The SMILES string of the molecule is CCc1cc(NCC(O)COc2ccccc2)n2nccc2n1. The number of benzene rings is 1. The highest BCUT2D eigenvalue weighted by molar-refractivity contribution is 5.49. The maximum absolute atomic E-state index is 10.1. The third kappa shape index (κ3) is 3.78. The number of rotatable bonds is 7. The Hall–Kier alpha value is -2.60. The monoisotopic (exact) mass is 312 g/mol. The van der Waals surface area contributed by atoms with Crippen molar-refractivity contribution in [3.8, 4) is 5.75 Å². The average molecular weight is 312 g/mol. The lowest BCUT2D eigenvalue weighted by atomic mass is 10.3. The summed E-state index contributed by atoms with van der Waals surface area (Å²) in [5.41, 5.74) is 1.78. The number of ether oxygens (including phenoxy) is 1. The van der Waals surface area contributed by atoms with Gasteiger partial charge >= 0.3 is 0 Å². The van der Waals surface area contributed by atoms with Crippen LogP contribution in [0.5, 0.6) is 5.75 Å². The van der Waals surface area contributed by atoms with Crippen LogP contribution in [0.1, 0.15) is 12.6 Å². The van der Waals surface area contributed by atoms with Crippen molar-refractivity contribution in [1.29, 1.82) is 0 Å². The van der Waals surface area contributed by atoms with Crippen LogP contribution in [0.3, 0.4) is 0 Å². The molecule has 0 aliphatic carbocycles. The molecule has 23 heavy (non-hydrogen) atoms. The molecule has 0 radical (unpaired) electrons. The van der Waals surface area contributed by atoms with E-state index in [0.717, 1.165) is 29.3 Å². The fourth-order valence-corrected chi connectivity index (χ4v) is 2.26. The molecule has 1 unspecified atom stereocenters. The average Bonchev–Trinajstić information content (AvgIpc) is 3.07. The van der Waals surface area contributed by atoms with E-state index in [2.05, 4.69) is 22.3 Å². The van der Waals surface area contributed by atoms with E-state index < -0.39 is 6.10 Å². The van der Waals surface area contributed by atoms with E-state index in [4.69, 9.17) is 4.74 Å². The molecule has 6 nitrogen and oxygen atoms in total. The highest BCUT2D eigenvalue weighted by Crippen LogP contribution is 2.13. The van der Waals surface area contributed by atoms with Crippen molar-refractivity contribution in [3.63, 3.8) is 0 Å². The van der Waals surface area contributed by atoms with Gasteiger partial charge in [-0.3, -0.25) is 0 Å². The van der Waals surface area contributed by atoms with Crippen LogP contribution in [0.2, 0.25) is 0 Å². The van der Waals surface area contributed by atoms with Gasteiger partial charge in [0.15, 0.2) is 5.65 Å². The first-order chi connectivity index (χ1) is 11.3. The molecule has 0 fully saturated rings. The molecule has 3 rings (SSSR count). The number of fused-ring (bicyclic) bond motifs is 1. The van der Waals surface area contributed by atoms with Gasteiger partial charge < -0.3 is 15.2 Å². The number of aryl methyl sites for hydroxylation is 1. The maximum Gasteiger partial charge on any atom is 0.157 e. The number of hydrogen-bond acceptors (Lipinski definition) is 5. The predicted octanol–water partition coefficient (Wildman–Crippen LogP) is 2.14. The number of aromatic nitrogens is 3. The second-order valence-corrected chi connectivity index (χ2v) is 5.25. The molecule has 1 aromatic carbocycles. The molecular formula is C17H20N4O2. The van der Waals surface area contributed by atoms with Gasteiger partial charge in [-0.25, -0.2) is 4.98 Å². The summed E-state index contributed by atoms with van der Waals surface area (Å²) in [6.45, 7) is 2.65. The van der Waals surface area contributed by atoms with Crippen LogP contribution in [-0.4, -0.2) is 39.0 Å². The first-order valence-electron chi connectivity index (χ1n) is 7.69. The number of anilines is 1. The van der Waals surface area contributed by atoms with Gasteiger partial charge in [0.05, 0.1) is 6.20 Å². The zero-order valence-corrected chi connectivity index (χ0v) is 13.0. The Balaban J connectivity index is 1.60. The smallest absolute Gasteiger partial charge is 0.157 e. The van der Waals surface area contributed by atoms with E-state index in [-0.39, 0.29) is 6.61 Å². The highest BCUT2D eigenvalue weighted by atomic mass is 16.5. The van der Waals surface area contributed by atoms with E-state index in [9.17, 15) is 5.11 Å². The minimum Gasteiger partial charge on any atom is -0.491 e. The van der Waals surface area contributed by atoms with E-state index in [1.807, 2.05) is 42.5 Å². The molecule has 2 N–H and O–H groups in total. The Kier molecular flexibility index (Phi) is 4.73. The summed E-state index contributed by atoms with van der Waals surface area (Å²) in [6, 6.07) is 13.3. The number of aliphatic hydroxyl groups is 1. The molecule has 0 bridgehead atoms. The van der Waals surface area contributed by atoms with Crippen LogP contribution in [0.15, 0.2) is 48.7 Å². The summed E-state index contributed by atoms with van der Waals surface area (Å²) in [4.78, 5) is 4.49. The van der Waals surface area contributed by atoms with Crippen molar-refractivity contribution >= 4 is 11.5 Å². The molecule has 0 aliphatic rings. The number of aliphatic hydroxyl groups excluding tert-OH is 1. The van der Waals surface area contributed by atoms with Crippen molar-refractivity contribution in [2.45, 2.75) is 19.4 Å². The van der Waals surface area contributed by atoms with Gasteiger partial charge in [-0.1, -0.05) is 25.1 Å². The Morgan fingerprint density at radius 1 is 1.26 bits per heavy atom. The summed E-state index contributed by atoms with van der Waals surface area (Å²) >= 11 is 0. The predicted molar refractivity (Wildman–Crippen MR) is 88.8 cm³/mol. The summed E-state index contributed by atoms with van der Waals surface area (Å²) < 4.78 is 7.27. The van der Waals surface area contributed by atoms with Crippen LogP contribution >= 0.6 is 0 Å². The van der Waals surface area contributed by atoms with Crippen molar-refractivity contribution in [1.82, 2.24) is 14.6 Å². The van der Waals surface area contributed by atoms with Crippen LogP contribution in [-0.2, 0) is 6.42 Å². The molecule has 0 aliphatic heterocycles. The van der Waals surface area contributed by atoms with Crippen molar-refractivity contribution < 1.29 is 9.84 Å². The molecule has 2 aromatic heterocycles. The third-order valence-electron chi connectivity index (χ3n) is 3.48. The lowest BCUT2D eigenvalue weighted by molar-refractivity contribution is 0.117. The first-order valence-corrected chi connectivity index (χ1v) is 7.69. The van der Waals surface area contributed by atoms with Gasteiger partial charge in [0.25, 0.3) is 0 Å². The molecule has 0 saturated carbocycles. The van der Waals surface area contributed by atoms with Gasteiger partial charge in [0.1, 0.15) is 24.3 Å². The molecule has 0 saturated heterocycles. The van der Waals surface area contributed by atoms with Crippen LogP contribution in [0.25, 0.3) is 5.65 Å².